The van der Waals surface area contributed by atoms with Gasteiger partial charge in [0.05, 0.1) is 19.4 Å². The van der Waals surface area contributed by atoms with Gasteiger partial charge < -0.3 is 15.0 Å². The van der Waals surface area contributed by atoms with Crippen molar-refractivity contribution in [2.24, 2.45) is 5.10 Å². The van der Waals surface area contributed by atoms with E-state index in [0.717, 1.165) is 11.3 Å². The zero-order valence-corrected chi connectivity index (χ0v) is 16.5. The van der Waals surface area contributed by atoms with Crippen LogP contribution in [0.25, 0.3) is 0 Å². The third kappa shape index (κ3) is 5.06. The molecule has 0 aliphatic carbocycles. The maximum absolute atomic E-state index is 13.8. The second kappa shape index (κ2) is 9.27. The highest BCUT2D eigenvalue weighted by Crippen LogP contribution is 2.19. The van der Waals surface area contributed by atoms with E-state index in [-0.39, 0.29) is 11.8 Å². The Hall–Kier alpha value is -3.59. The molecule has 2 heterocycles. The van der Waals surface area contributed by atoms with Gasteiger partial charge in [0, 0.05) is 24.3 Å². The molecule has 1 saturated heterocycles. The van der Waals surface area contributed by atoms with Gasteiger partial charge in [-0.05, 0) is 25.1 Å². The van der Waals surface area contributed by atoms with Gasteiger partial charge >= 0.3 is 0 Å². The Kier molecular flexibility index (Phi) is 6.09. The fourth-order valence-corrected chi connectivity index (χ4v) is 2.88. The van der Waals surface area contributed by atoms with Crippen molar-refractivity contribution < 1.29 is 9.13 Å². The molecule has 1 aromatic heterocycles. The number of halogens is 1. The van der Waals surface area contributed by atoms with Gasteiger partial charge in [0.1, 0.15) is 5.82 Å². The number of aromatic nitrogens is 3. The van der Waals surface area contributed by atoms with Crippen LogP contribution in [0, 0.1) is 12.7 Å². The Labute approximate surface area is 173 Å². The van der Waals surface area contributed by atoms with E-state index in [0.29, 0.717) is 43.8 Å². The van der Waals surface area contributed by atoms with Crippen LogP contribution in [0.2, 0.25) is 0 Å². The van der Waals surface area contributed by atoms with Gasteiger partial charge in [-0.3, -0.25) is 0 Å². The summed E-state index contributed by atoms with van der Waals surface area (Å²) in [6, 6.07) is 14.3. The number of hydrogen-bond acceptors (Lipinski definition) is 8. The zero-order chi connectivity index (χ0) is 20.8. The smallest absolute Gasteiger partial charge is 0.250 e. The summed E-state index contributed by atoms with van der Waals surface area (Å²) in [7, 11) is 0. The number of rotatable bonds is 6. The third-order valence-electron chi connectivity index (χ3n) is 4.50. The van der Waals surface area contributed by atoms with Crippen molar-refractivity contribution in [3.8, 4) is 0 Å². The molecular weight excluding hydrogens is 385 g/mol. The Morgan fingerprint density at radius 2 is 1.73 bits per heavy atom. The Balaban J connectivity index is 1.57. The topological polar surface area (TPSA) is 87.6 Å². The van der Waals surface area contributed by atoms with Crippen molar-refractivity contribution in [2.45, 2.75) is 6.92 Å². The first-order valence-corrected chi connectivity index (χ1v) is 9.63. The minimum atomic E-state index is -0.352. The van der Waals surface area contributed by atoms with Crippen LogP contribution in [-0.2, 0) is 4.74 Å². The van der Waals surface area contributed by atoms with Crippen LogP contribution in [0.1, 0.15) is 11.1 Å². The standard InChI is InChI=1S/C21H22FN7O/c1-15-6-8-17(9-7-15)24-19-25-20(27-21(26-19)29-10-12-30-13-11-29)28-23-14-16-4-2-3-5-18(16)22/h2-9,14H,10-13H2,1H3,(H2,24,25,26,27,28)/b23-14-. The van der Waals surface area contributed by atoms with E-state index in [1.807, 2.05) is 36.1 Å². The Bertz CT molecular complexity index is 1020. The molecule has 4 rings (SSSR count). The molecule has 0 saturated carbocycles. The highest BCUT2D eigenvalue weighted by Gasteiger charge is 2.16. The van der Waals surface area contributed by atoms with Crippen molar-refractivity contribution in [1.82, 2.24) is 15.0 Å². The molecule has 0 amide bonds. The average molecular weight is 407 g/mol. The Morgan fingerprint density at radius 3 is 2.50 bits per heavy atom. The van der Waals surface area contributed by atoms with E-state index < -0.39 is 0 Å². The number of benzene rings is 2. The number of hydrogen-bond donors (Lipinski definition) is 2. The van der Waals surface area contributed by atoms with Crippen molar-refractivity contribution in [3.63, 3.8) is 0 Å². The lowest BCUT2D eigenvalue weighted by atomic mass is 10.2. The quantitative estimate of drug-likeness (QED) is 0.479. The normalized spacial score (nSPS) is 14.1. The maximum Gasteiger partial charge on any atom is 0.250 e. The van der Waals surface area contributed by atoms with Crippen LogP contribution in [0.3, 0.4) is 0 Å². The van der Waals surface area contributed by atoms with Gasteiger partial charge in [-0.25, -0.2) is 9.82 Å². The van der Waals surface area contributed by atoms with Crippen molar-refractivity contribution >= 4 is 29.7 Å². The number of anilines is 4. The minimum Gasteiger partial charge on any atom is -0.378 e. The molecule has 3 aromatic rings. The highest BCUT2D eigenvalue weighted by molar-refractivity contribution is 5.80. The van der Waals surface area contributed by atoms with Gasteiger partial charge in [-0.2, -0.15) is 20.1 Å². The maximum atomic E-state index is 13.8. The van der Waals surface area contributed by atoms with Gasteiger partial charge in [0.2, 0.25) is 17.8 Å². The van der Waals surface area contributed by atoms with E-state index in [2.05, 4.69) is 30.8 Å². The predicted octanol–water partition coefficient (Wildman–Crippen LogP) is 3.35. The summed E-state index contributed by atoms with van der Waals surface area (Å²) in [5, 5.41) is 7.28. The molecule has 2 N–H and O–H groups in total. The first-order chi connectivity index (χ1) is 14.7. The monoisotopic (exact) mass is 407 g/mol. The van der Waals surface area contributed by atoms with Gasteiger partial charge in [-0.15, -0.1) is 0 Å². The summed E-state index contributed by atoms with van der Waals surface area (Å²) >= 11 is 0. The summed E-state index contributed by atoms with van der Waals surface area (Å²) in [6.07, 6.45) is 1.39. The molecule has 0 bridgehead atoms. The minimum absolute atomic E-state index is 0.258. The first kappa shape index (κ1) is 19.7. The van der Waals surface area contributed by atoms with Crippen LogP contribution in [0.4, 0.5) is 27.9 Å². The molecule has 1 fully saturated rings. The molecule has 1 aliphatic rings. The SMILES string of the molecule is Cc1ccc(Nc2nc(N/N=C\c3ccccc3F)nc(N3CCOCC3)n2)cc1. The van der Waals surface area contributed by atoms with E-state index >= 15 is 0 Å². The van der Waals surface area contributed by atoms with E-state index in [1.165, 1.54) is 12.3 Å². The molecule has 9 heteroatoms. The van der Waals surface area contributed by atoms with Crippen molar-refractivity contribution in [3.05, 3.63) is 65.5 Å². The highest BCUT2D eigenvalue weighted by atomic mass is 19.1. The van der Waals surface area contributed by atoms with Crippen LogP contribution < -0.4 is 15.6 Å². The van der Waals surface area contributed by atoms with Crippen LogP contribution >= 0.6 is 0 Å². The molecule has 30 heavy (non-hydrogen) atoms. The second-order valence-electron chi connectivity index (χ2n) is 6.76. The van der Waals surface area contributed by atoms with E-state index in [4.69, 9.17) is 4.74 Å². The second-order valence-corrected chi connectivity index (χ2v) is 6.76. The molecular formula is C21H22FN7O. The number of ether oxygens (including phenoxy) is 1. The molecule has 8 nitrogen and oxygen atoms in total. The third-order valence-corrected chi connectivity index (χ3v) is 4.50. The predicted molar refractivity (Wildman–Crippen MR) is 115 cm³/mol. The van der Waals surface area contributed by atoms with Crippen LogP contribution in [0.15, 0.2) is 53.6 Å². The zero-order valence-electron chi connectivity index (χ0n) is 16.5. The van der Waals surface area contributed by atoms with Crippen LogP contribution in [-0.4, -0.2) is 47.5 Å². The van der Waals surface area contributed by atoms with Gasteiger partial charge in [0.15, 0.2) is 0 Å². The molecule has 0 atom stereocenters. The largest absolute Gasteiger partial charge is 0.378 e. The molecule has 154 valence electrons. The van der Waals surface area contributed by atoms with Gasteiger partial charge in [0.25, 0.3) is 0 Å². The average Bonchev–Trinajstić information content (AvgIpc) is 2.77. The molecule has 0 unspecified atom stereocenters. The summed E-state index contributed by atoms with van der Waals surface area (Å²) in [4.78, 5) is 15.4. The van der Waals surface area contributed by atoms with E-state index in [9.17, 15) is 4.39 Å². The molecule has 0 spiro atoms. The summed E-state index contributed by atoms with van der Waals surface area (Å²) in [5.74, 6) is 0.813. The number of aryl methyl sites for hydroxylation is 1. The summed E-state index contributed by atoms with van der Waals surface area (Å²) in [6.45, 7) is 4.62. The lowest BCUT2D eigenvalue weighted by Crippen LogP contribution is -2.37. The summed E-state index contributed by atoms with van der Waals surface area (Å²) < 4.78 is 19.2. The Morgan fingerprint density at radius 1 is 1.00 bits per heavy atom. The van der Waals surface area contributed by atoms with Crippen molar-refractivity contribution in [2.75, 3.05) is 41.9 Å². The lowest BCUT2D eigenvalue weighted by Gasteiger charge is -2.27. The first-order valence-electron chi connectivity index (χ1n) is 9.63. The number of morpholine rings is 1. The van der Waals surface area contributed by atoms with Crippen molar-refractivity contribution in [1.29, 1.82) is 0 Å². The number of hydrazone groups is 1. The molecule has 0 radical (unpaired) electrons. The molecule has 2 aromatic carbocycles. The number of nitrogens with zero attached hydrogens (tertiary/aromatic N) is 5. The molecule has 1 aliphatic heterocycles. The summed E-state index contributed by atoms with van der Waals surface area (Å²) in [5.41, 5.74) is 5.17. The van der Waals surface area contributed by atoms with Crippen LogP contribution in [0.5, 0.6) is 0 Å². The number of nitrogens with one attached hydrogen (secondary N) is 2. The van der Waals surface area contributed by atoms with Gasteiger partial charge in [-0.1, -0.05) is 35.9 Å². The fourth-order valence-electron chi connectivity index (χ4n) is 2.88. The lowest BCUT2D eigenvalue weighted by molar-refractivity contribution is 0.122. The fraction of sp³-hybridized carbons (Fsp3) is 0.238. The van der Waals surface area contributed by atoms with E-state index in [1.54, 1.807) is 18.2 Å².